The van der Waals surface area contributed by atoms with E-state index >= 15 is 0 Å². The first-order valence-corrected chi connectivity index (χ1v) is 15.0. The molecule has 2 unspecified atom stereocenters. The van der Waals surface area contributed by atoms with Crippen LogP contribution in [0.4, 0.5) is 0 Å². The number of ether oxygens (including phenoxy) is 5. The number of ketones is 1. The zero-order chi connectivity index (χ0) is 33.4. The summed E-state index contributed by atoms with van der Waals surface area (Å²) in [6.45, 7) is 7.33. The van der Waals surface area contributed by atoms with Gasteiger partial charge in [0, 0.05) is 29.7 Å². The van der Waals surface area contributed by atoms with E-state index in [1.165, 1.54) is 13.0 Å². The van der Waals surface area contributed by atoms with Gasteiger partial charge >= 0.3 is 23.9 Å². The zero-order valence-electron chi connectivity index (χ0n) is 26.1. The quantitative estimate of drug-likeness (QED) is 0.157. The molecular weight excluding hydrogens is 594 g/mol. The number of aliphatic hydroxyl groups is 3. The van der Waals surface area contributed by atoms with Crippen molar-refractivity contribution in [1.29, 1.82) is 0 Å². The lowest BCUT2D eigenvalue weighted by Gasteiger charge is -2.67. The van der Waals surface area contributed by atoms with Crippen molar-refractivity contribution in [2.45, 2.75) is 83.5 Å². The number of allylic oxidation sites excluding steroid dienone is 3. The number of aliphatic hydroxyl groups excluding tert-OH is 3. The van der Waals surface area contributed by atoms with E-state index in [0.717, 1.165) is 7.11 Å². The molecule has 0 aromatic rings. The summed E-state index contributed by atoms with van der Waals surface area (Å²) in [4.78, 5) is 66.0. The topological polar surface area (TPSA) is 218 Å². The molecule has 2 saturated carbocycles. The molecule has 0 aromatic heterocycles. The van der Waals surface area contributed by atoms with E-state index in [1.807, 2.05) is 0 Å². The number of methoxy groups -OCH3 is 1. The van der Waals surface area contributed by atoms with Gasteiger partial charge in [0.05, 0.1) is 31.8 Å². The summed E-state index contributed by atoms with van der Waals surface area (Å²) in [7, 11) is 1.09. The van der Waals surface area contributed by atoms with Gasteiger partial charge < -0.3 is 44.7 Å². The molecule has 12 atom stereocenters. The summed E-state index contributed by atoms with van der Waals surface area (Å²) in [6.07, 6.45) is -4.64. The minimum absolute atomic E-state index is 0.103. The molecule has 0 aromatic carbocycles. The smallest absolute Gasteiger partial charge is 0.341 e. The Labute approximate surface area is 259 Å². The third-order valence-electron chi connectivity index (χ3n) is 10.8. The van der Waals surface area contributed by atoms with Crippen LogP contribution < -0.4 is 5.73 Å². The van der Waals surface area contributed by atoms with Gasteiger partial charge in [-0.3, -0.25) is 9.59 Å². The summed E-state index contributed by atoms with van der Waals surface area (Å²) < 4.78 is 28.1. The number of hydrogen-bond acceptors (Lipinski definition) is 14. The molecule has 248 valence electrons. The summed E-state index contributed by atoms with van der Waals surface area (Å²) in [6, 6.07) is -1.40. The molecule has 3 aliphatic carbocycles. The molecule has 0 radical (unpaired) electrons. The molecule has 2 saturated heterocycles. The largest absolute Gasteiger partial charge is 0.467 e. The van der Waals surface area contributed by atoms with Crippen LogP contribution in [0, 0.1) is 34.5 Å². The predicted molar refractivity (Wildman–Crippen MR) is 150 cm³/mol. The molecule has 2 bridgehead atoms. The Morgan fingerprint density at radius 1 is 1.18 bits per heavy atom. The summed E-state index contributed by atoms with van der Waals surface area (Å²) in [5.74, 6) is -8.34. The minimum Gasteiger partial charge on any atom is -0.467 e. The molecule has 2 aliphatic heterocycles. The maximum atomic E-state index is 13.7. The van der Waals surface area contributed by atoms with Gasteiger partial charge in [-0.1, -0.05) is 12.5 Å². The molecule has 14 heteroatoms. The first-order valence-electron chi connectivity index (χ1n) is 15.0. The first kappa shape index (κ1) is 33.2. The van der Waals surface area contributed by atoms with Gasteiger partial charge in [0.25, 0.3) is 0 Å². The SMILES string of the molecule is COC(=O)C12OC[C@]34C([C@@H](O)[C@@H]1O)[C@@]1(C)CC(=O)C(OC(=O)[C@@H](N)[C@@H](C)O)=C(C)[C@@H]1C[C@H]3OC(=O)[C@H](COC(=O)C=C(C)C)[C@@H]24. The number of nitrogens with two attached hydrogens (primary N) is 1. The fraction of sp³-hybridized carbons (Fsp3) is 0.710. The summed E-state index contributed by atoms with van der Waals surface area (Å²) in [5, 5.41) is 33.4. The molecule has 14 nitrogen and oxygen atoms in total. The molecule has 2 heterocycles. The number of esters is 4. The fourth-order valence-electron chi connectivity index (χ4n) is 9.03. The van der Waals surface area contributed by atoms with Gasteiger partial charge in [-0.15, -0.1) is 0 Å². The van der Waals surface area contributed by atoms with E-state index in [0.29, 0.717) is 11.1 Å². The van der Waals surface area contributed by atoms with Gasteiger partial charge in [0.1, 0.15) is 24.9 Å². The van der Waals surface area contributed by atoms with Crippen molar-refractivity contribution in [1.82, 2.24) is 0 Å². The average molecular weight is 636 g/mol. The highest BCUT2D eigenvalue weighted by molar-refractivity contribution is 5.98. The van der Waals surface area contributed by atoms with Crippen LogP contribution in [0.1, 0.15) is 47.5 Å². The van der Waals surface area contributed by atoms with Gasteiger partial charge in [-0.05, 0) is 51.0 Å². The van der Waals surface area contributed by atoms with E-state index in [2.05, 4.69) is 0 Å². The number of carbonyl (C=O) groups is 5. The van der Waals surface area contributed by atoms with Gasteiger partial charge in [-0.2, -0.15) is 0 Å². The van der Waals surface area contributed by atoms with E-state index in [9.17, 15) is 39.3 Å². The van der Waals surface area contributed by atoms with Crippen molar-refractivity contribution >= 4 is 29.7 Å². The van der Waals surface area contributed by atoms with Crippen LogP contribution in [0.5, 0.6) is 0 Å². The molecule has 5 aliphatic rings. The van der Waals surface area contributed by atoms with Gasteiger partial charge in [0.15, 0.2) is 17.1 Å². The summed E-state index contributed by atoms with van der Waals surface area (Å²) >= 11 is 0. The Hall–Kier alpha value is -3.17. The van der Waals surface area contributed by atoms with Crippen molar-refractivity contribution in [3.8, 4) is 0 Å². The van der Waals surface area contributed by atoms with E-state index in [4.69, 9.17) is 29.4 Å². The zero-order valence-corrected chi connectivity index (χ0v) is 26.1. The van der Waals surface area contributed by atoms with Crippen LogP contribution >= 0.6 is 0 Å². The van der Waals surface area contributed by atoms with Crippen LogP contribution in [0.2, 0.25) is 0 Å². The normalized spacial score (nSPS) is 41.2. The number of fused-ring (bicyclic) bond motifs is 2. The number of Topliss-reactive ketones (excluding diaryl/α,β-unsaturated/α-hetero) is 1. The second-order valence-corrected chi connectivity index (χ2v) is 13.6. The molecule has 5 rings (SSSR count). The number of rotatable bonds is 7. The monoisotopic (exact) mass is 635 g/mol. The molecular formula is C31H41NO13. The van der Waals surface area contributed by atoms with Crippen molar-refractivity contribution < 1.29 is 63.0 Å². The predicted octanol–water partition coefficient (Wildman–Crippen LogP) is -0.542. The van der Waals surface area contributed by atoms with Crippen LogP contribution in [0.25, 0.3) is 0 Å². The highest BCUT2D eigenvalue weighted by Gasteiger charge is 2.84. The molecule has 1 spiro atoms. The number of carbonyl (C=O) groups excluding carboxylic acids is 5. The van der Waals surface area contributed by atoms with E-state index in [1.54, 1.807) is 27.7 Å². The maximum Gasteiger partial charge on any atom is 0.341 e. The highest BCUT2D eigenvalue weighted by atomic mass is 16.6. The van der Waals surface area contributed by atoms with E-state index < -0.39 is 107 Å². The van der Waals surface area contributed by atoms with Gasteiger partial charge in [-0.25, -0.2) is 14.4 Å². The fourth-order valence-corrected chi connectivity index (χ4v) is 9.03. The molecule has 45 heavy (non-hydrogen) atoms. The van der Waals surface area contributed by atoms with Crippen molar-refractivity contribution in [2.75, 3.05) is 20.3 Å². The van der Waals surface area contributed by atoms with Gasteiger partial charge in [0.2, 0.25) is 0 Å². The summed E-state index contributed by atoms with van der Waals surface area (Å²) in [5.41, 5.74) is 2.14. The second-order valence-electron chi connectivity index (χ2n) is 13.6. The molecule has 5 N–H and O–H groups in total. The first-order chi connectivity index (χ1) is 21.0. The van der Waals surface area contributed by atoms with Crippen LogP contribution in [0.3, 0.4) is 0 Å². The van der Waals surface area contributed by atoms with Crippen molar-refractivity contribution in [3.05, 3.63) is 23.0 Å². The Kier molecular flexibility index (Phi) is 8.31. The van der Waals surface area contributed by atoms with Crippen LogP contribution in [-0.2, 0) is 47.7 Å². The lowest BCUT2D eigenvalue weighted by Crippen LogP contribution is -2.78. The van der Waals surface area contributed by atoms with Crippen molar-refractivity contribution in [3.63, 3.8) is 0 Å². The lowest BCUT2D eigenvalue weighted by atomic mass is 9.37. The average Bonchev–Trinajstić information content (AvgIpc) is 3.26. The third-order valence-corrected chi connectivity index (χ3v) is 10.8. The lowest BCUT2D eigenvalue weighted by molar-refractivity contribution is -0.284. The third kappa shape index (κ3) is 4.59. The van der Waals surface area contributed by atoms with E-state index in [-0.39, 0.29) is 25.2 Å². The van der Waals surface area contributed by atoms with Crippen LogP contribution in [0.15, 0.2) is 23.0 Å². The standard InChI is InChI=1S/C31H41NO13/c1-12(2)7-19(35)42-10-15-23-30-11-43-31(23,28(40)41-6)25(37)21(36)24(30)29(5)9-17(34)22(45-27(39)20(32)14(4)33)13(3)16(29)8-18(30)44-26(15)38/h7,14-16,18,20-21,23-25,33,36-37H,8-11,32H2,1-6H3/t14-,15-,16+,18-,20+,21-,23-,24?,25+,29+,30+,31?/m1/s1. The Balaban J connectivity index is 1.63. The van der Waals surface area contributed by atoms with Crippen molar-refractivity contribution in [2.24, 2.45) is 40.2 Å². The number of hydrogen-bond donors (Lipinski definition) is 4. The second kappa shape index (κ2) is 11.3. The molecule has 4 fully saturated rings. The Morgan fingerprint density at radius 3 is 2.44 bits per heavy atom. The Morgan fingerprint density at radius 2 is 1.84 bits per heavy atom. The highest BCUT2D eigenvalue weighted by Crippen LogP contribution is 2.73. The minimum atomic E-state index is -2.19. The van der Waals surface area contributed by atoms with Crippen LogP contribution in [-0.4, -0.2) is 101 Å². The Bertz CT molecular complexity index is 1380. The maximum absolute atomic E-state index is 13.7. The molecule has 0 amide bonds.